The highest BCUT2D eigenvalue weighted by atomic mass is 16.7. The zero-order chi connectivity index (χ0) is 65.1. The highest BCUT2D eigenvalue weighted by Gasteiger charge is 2.44. The minimum Gasteiger partial charge on any atom is -0.466 e. The smallest absolute Gasteiger partial charge is 0.305 e. The van der Waals surface area contributed by atoms with Crippen molar-refractivity contribution in [3.05, 3.63) is 24.3 Å². The Balaban J connectivity index is 1.93. The van der Waals surface area contributed by atoms with Gasteiger partial charge < -0.3 is 45.1 Å². The van der Waals surface area contributed by atoms with Gasteiger partial charge in [-0.2, -0.15) is 0 Å². The van der Waals surface area contributed by atoms with Crippen LogP contribution in [0.3, 0.4) is 0 Å². The third-order valence-corrected chi connectivity index (χ3v) is 19.1. The van der Waals surface area contributed by atoms with Gasteiger partial charge in [0.1, 0.15) is 24.4 Å². The van der Waals surface area contributed by atoms with Gasteiger partial charge >= 0.3 is 5.97 Å². The number of allylic oxidation sites excluding steroid dienone is 3. The predicted octanol–water partition coefficient (Wildman–Crippen LogP) is 21.1. The van der Waals surface area contributed by atoms with Crippen LogP contribution in [0.5, 0.6) is 0 Å². The maximum atomic E-state index is 13.1. The van der Waals surface area contributed by atoms with Gasteiger partial charge in [-0.3, -0.25) is 9.59 Å². The summed E-state index contributed by atoms with van der Waals surface area (Å²) in [6.07, 6.45) is 77.6. The number of carbonyl (C=O) groups excluding carboxylic acids is 2. The second kappa shape index (κ2) is 68.5. The van der Waals surface area contributed by atoms with Crippen molar-refractivity contribution in [2.45, 2.75) is 448 Å². The zero-order valence-electron chi connectivity index (χ0n) is 59.4. The first-order valence-corrected chi connectivity index (χ1v) is 39.6. The Labute approximate surface area is 556 Å². The van der Waals surface area contributed by atoms with Gasteiger partial charge in [0.15, 0.2) is 6.29 Å². The summed E-state index contributed by atoms with van der Waals surface area (Å²) in [5.41, 5.74) is 0. The van der Waals surface area contributed by atoms with Crippen LogP contribution in [0, 0.1) is 0 Å². The lowest BCUT2D eigenvalue weighted by molar-refractivity contribution is -0.302. The van der Waals surface area contributed by atoms with Gasteiger partial charge in [0.25, 0.3) is 0 Å². The Bertz CT molecular complexity index is 1540. The van der Waals surface area contributed by atoms with E-state index < -0.39 is 49.5 Å². The zero-order valence-corrected chi connectivity index (χ0v) is 59.4. The number of carbonyl (C=O) groups is 2. The van der Waals surface area contributed by atoms with E-state index in [4.69, 9.17) is 14.2 Å². The molecule has 1 aliphatic rings. The molecule has 1 aliphatic heterocycles. The van der Waals surface area contributed by atoms with Gasteiger partial charge in [-0.05, 0) is 57.8 Å². The number of ether oxygens (including phenoxy) is 3. The third-order valence-electron chi connectivity index (χ3n) is 19.1. The summed E-state index contributed by atoms with van der Waals surface area (Å²) in [5, 5.41) is 54.6. The van der Waals surface area contributed by atoms with E-state index in [0.717, 1.165) is 51.4 Å². The molecule has 11 nitrogen and oxygen atoms in total. The van der Waals surface area contributed by atoms with Gasteiger partial charge in [-0.25, -0.2) is 0 Å². The summed E-state index contributed by atoms with van der Waals surface area (Å²) in [7, 11) is 0. The number of unbranched alkanes of at least 4 members (excludes halogenated alkanes) is 55. The number of rotatable bonds is 71. The fourth-order valence-corrected chi connectivity index (χ4v) is 12.8. The molecule has 7 unspecified atom stereocenters. The first-order valence-electron chi connectivity index (χ1n) is 39.6. The molecule has 90 heavy (non-hydrogen) atoms. The molecule has 0 spiro atoms. The molecule has 0 saturated carbocycles. The van der Waals surface area contributed by atoms with Gasteiger partial charge in [-0.1, -0.05) is 359 Å². The third kappa shape index (κ3) is 56.5. The average Bonchev–Trinajstić information content (AvgIpc) is 2.63. The molecule has 0 aliphatic carbocycles. The second-order valence-corrected chi connectivity index (χ2v) is 27.8. The summed E-state index contributed by atoms with van der Waals surface area (Å²) >= 11 is 0. The fraction of sp³-hybridized carbons (Fsp3) is 0.924. The van der Waals surface area contributed by atoms with Gasteiger partial charge in [-0.15, -0.1) is 0 Å². The minimum absolute atomic E-state index is 0.0150. The molecule has 1 amide bonds. The Hall–Kier alpha value is -1.86. The molecule has 0 aromatic carbocycles. The van der Waals surface area contributed by atoms with Crippen molar-refractivity contribution in [1.82, 2.24) is 5.32 Å². The summed E-state index contributed by atoms with van der Waals surface area (Å²) in [5.74, 6) is -0.159. The molecule has 0 aromatic rings. The van der Waals surface area contributed by atoms with Crippen molar-refractivity contribution in [2.75, 3.05) is 19.8 Å². The van der Waals surface area contributed by atoms with Crippen LogP contribution in [0.4, 0.5) is 0 Å². The Morgan fingerprint density at radius 2 is 0.711 bits per heavy atom. The number of nitrogens with one attached hydrogen (secondary N) is 1. The van der Waals surface area contributed by atoms with Crippen LogP contribution >= 0.6 is 0 Å². The number of hydrogen-bond acceptors (Lipinski definition) is 10. The molecule has 11 heteroatoms. The van der Waals surface area contributed by atoms with Crippen LogP contribution in [0.1, 0.15) is 406 Å². The SMILES string of the molecule is CCCCCCCCCCCCCCC/C=C/C(O)C(COC1OC(CO)C(O)C(O)C1O)NC(=O)CCCCCCCCCCCCCCCCCCC/C=C\CCCCCCCCCCCCCCCCOC(=O)CCCCCCCCCCCCCC. The van der Waals surface area contributed by atoms with E-state index in [9.17, 15) is 35.1 Å². The predicted molar refractivity (Wildman–Crippen MR) is 380 cm³/mol. The molecule has 1 saturated heterocycles. The van der Waals surface area contributed by atoms with E-state index in [1.165, 1.54) is 327 Å². The summed E-state index contributed by atoms with van der Waals surface area (Å²) < 4.78 is 16.8. The fourth-order valence-electron chi connectivity index (χ4n) is 12.8. The monoisotopic (exact) mass is 1270 g/mol. The lowest BCUT2D eigenvalue weighted by atomic mass is 9.99. The number of aliphatic hydroxyl groups excluding tert-OH is 5. The largest absolute Gasteiger partial charge is 0.466 e. The molecule has 1 rings (SSSR count). The second-order valence-electron chi connectivity index (χ2n) is 27.8. The van der Waals surface area contributed by atoms with Gasteiger partial charge in [0.05, 0.1) is 32.0 Å². The van der Waals surface area contributed by atoms with E-state index in [-0.39, 0.29) is 18.5 Å². The van der Waals surface area contributed by atoms with E-state index in [1.54, 1.807) is 6.08 Å². The quantitative estimate of drug-likeness (QED) is 0.0195. The minimum atomic E-state index is -1.57. The van der Waals surface area contributed by atoms with Gasteiger partial charge in [0.2, 0.25) is 5.91 Å². The first-order chi connectivity index (χ1) is 44.2. The van der Waals surface area contributed by atoms with E-state index in [1.807, 2.05) is 6.08 Å². The van der Waals surface area contributed by atoms with Gasteiger partial charge in [0, 0.05) is 12.8 Å². The molecule has 1 heterocycles. The molecule has 0 radical (unpaired) electrons. The topological polar surface area (TPSA) is 175 Å². The number of aliphatic hydroxyl groups is 5. The van der Waals surface area contributed by atoms with E-state index in [2.05, 4.69) is 31.3 Å². The Kier molecular flexibility index (Phi) is 65.6. The Morgan fingerprint density at radius 1 is 0.400 bits per heavy atom. The maximum Gasteiger partial charge on any atom is 0.305 e. The highest BCUT2D eigenvalue weighted by molar-refractivity contribution is 5.76. The molecule has 0 bridgehead atoms. The van der Waals surface area contributed by atoms with E-state index in [0.29, 0.717) is 19.4 Å². The van der Waals surface area contributed by atoms with Crippen molar-refractivity contribution in [1.29, 1.82) is 0 Å². The maximum absolute atomic E-state index is 13.1. The van der Waals surface area contributed by atoms with Crippen LogP contribution in [0.25, 0.3) is 0 Å². The van der Waals surface area contributed by atoms with Crippen molar-refractivity contribution >= 4 is 11.9 Å². The molecular weight excluding hydrogens is 1120 g/mol. The van der Waals surface area contributed by atoms with Crippen LogP contribution in [0.2, 0.25) is 0 Å². The van der Waals surface area contributed by atoms with Crippen molar-refractivity contribution in [3.8, 4) is 0 Å². The van der Waals surface area contributed by atoms with Crippen LogP contribution < -0.4 is 5.32 Å². The van der Waals surface area contributed by atoms with Crippen molar-refractivity contribution in [3.63, 3.8) is 0 Å². The number of esters is 1. The number of hydrogen-bond donors (Lipinski definition) is 6. The highest BCUT2D eigenvalue weighted by Crippen LogP contribution is 2.24. The first kappa shape index (κ1) is 86.2. The summed E-state index contributed by atoms with van der Waals surface area (Å²) in [6, 6.07) is -0.807. The lowest BCUT2D eigenvalue weighted by Gasteiger charge is -2.40. The van der Waals surface area contributed by atoms with Crippen LogP contribution in [-0.4, -0.2) is 100 Å². The molecule has 1 fully saturated rings. The van der Waals surface area contributed by atoms with E-state index >= 15 is 0 Å². The molecule has 7 atom stereocenters. The Morgan fingerprint density at radius 3 is 1.07 bits per heavy atom. The molecule has 6 N–H and O–H groups in total. The lowest BCUT2D eigenvalue weighted by Crippen LogP contribution is -2.60. The number of amides is 1. The van der Waals surface area contributed by atoms with Crippen LogP contribution in [0.15, 0.2) is 24.3 Å². The normalized spacial score (nSPS) is 17.7. The van der Waals surface area contributed by atoms with Crippen molar-refractivity contribution in [2.24, 2.45) is 0 Å². The standard InChI is InChI=1S/C79H151NO10/c1-3-5-7-9-11-13-15-17-39-42-45-49-53-57-61-65-72(82)71(70-89-79-78(87)77(86)76(85)73(69-81)90-79)80-74(83)66-62-58-54-50-46-43-40-37-35-33-31-29-27-25-23-21-19-18-20-22-24-26-28-30-32-34-36-38-41-44-48-52-56-60-64-68-88-75(84)67-63-59-55-51-47-16-14-12-10-8-6-4-2/h20,22,61,65,71-73,76-79,81-82,85-87H,3-19,21,23-60,62-64,66-70H2,1-2H3,(H,80,83)/b22-20-,65-61+. The van der Waals surface area contributed by atoms with Crippen LogP contribution in [-0.2, 0) is 23.8 Å². The molecular formula is C79H151NO10. The summed E-state index contributed by atoms with van der Waals surface area (Å²) in [6.45, 7) is 4.41. The summed E-state index contributed by atoms with van der Waals surface area (Å²) in [4.78, 5) is 25.2. The molecule has 532 valence electrons. The van der Waals surface area contributed by atoms with Crippen molar-refractivity contribution < 1.29 is 49.3 Å². The average molecular weight is 1280 g/mol. The molecule has 0 aromatic heterocycles.